The number of amides is 3. The van der Waals surface area contributed by atoms with Crippen LogP contribution in [0.4, 0.5) is 0 Å². The van der Waals surface area contributed by atoms with Gasteiger partial charge in [-0.2, -0.15) is 0 Å². The molecule has 6 heteroatoms. The topological polar surface area (TPSA) is 69.7 Å². The maximum Gasteiger partial charge on any atom is 0.226 e. The van der Waals surface area contributed by atoms with Crippen molar-refractivity contribution in [2.24, 2.45) is 5.92 Å². The first-order chi connectivity index (χ1) is 13.0. The first kappa shape index (κ1) is 19.4. The molecular formula is C21H29N3O3. The Morgan fingerprint density at radius 1 is 1.22 bits per heavy atom. The van der Waals surface area contributed by atoms with Crippen LogP contribution in [0.2, 0.25) is 0 Å². The van der Waals surface area contributed by atoms with Gasteiger partial charge in [-0.05, 0) is 37.8 Å². The van der Waals surface area contributed by atoms with Crippen LogP contribution in [0.25, 0.3) is 0 Å². The van der Waals surface area contributed by atoms with Crippen molar-refractivity contribution in [2.75, 3.05) is 26.2 Å². The average Bonchev–Trinajstić information content (AvgIpc) is 3.21. The van der Waals surface area contributed by atoms with E-state index in [0.717, 1.165) is 30.5 Å². The normalized spacial score (nSPS) is 22.6. The third-order valence-electron chi connectivity index (χ3n) is 5.69. The summed E-state index contributed by atoms with van der Waals surface area (Å²) < 4.78 is 0. The molecule has 146 valence electrons. The molecule has 0 spiro atoms. The second kappa shape index (κ2) is 8.55. The van der Waals surface area contributed by atoms with E-state index < -0.39 is 0 Å². The van der Waals surface area contributed by atoms with Gasteiger partial charge in [0.2, 0.25) is 17.7 Å². The van der Waals surface area contributed by atoms with Crippen molar-refractivity contribution in [3.8, 4) is 0 Å². The molecule has 2 aliphatic rings. The zero-order valence-corrected chi connectivity index (χ0v) is 16.2. The maximum absolute atomic E-state index is 12.8. The van der Waals surface area contributed by atoms with Gasteiger partial charge in [0.05, 0.1) is 12.0 Å². The summed E-state index contributed by atoms with van der Waals surface area (Å²) in [6.45, 7) is 6.61. The van der Waals surface area contributed by atoms with Gasteiger partial charge in [0, 0.05) is 39.0 Å². The van der Waals surface area contributed by atoms with Crippen molar-refractivity contribution in [2.45, 2.75) is 45.6 Å². The molecule has 0 bridgehead atoms. The molecule has 3 rings (SSSR count). The number of nitrogens with one attached hydrogen (secondary N) is 1. The van der Waals surface area contributed by atoms with Crippen LogP contribution in [0.15, 0.2) is 24.3 Å². The van der Waals surface area contributed by atoms with Crippen LogP contribution >= 0.6 is 0 Å². The Labute approximate surface area is 160 Å². The maximum atomic E-state index is 12.8. The van der Waals surface area contributed by atoms with Crippen molar-refractivity contribution < 1.29 is 14.4 Å². The number of benzene rings is 1. The van der Waals surface area contributed by atoms with Gasteiger partial charge in [-0.3, -0.25) is 14.4 Å². The number of hydrogen-bond acceptors (Lipinski definition) is 3. The number of carbonyl (C=O) groups is 3. The minimum absolute atomic E-state index is 0.0357. The van der Waals surface area contributed by atoms with Gasteiger partial charge < -0.3 is 15.1 Å². The van der Waals surface area contributed by atoms with Gasteiger partial charge in [-0.25, -0.2) is 0 Å². The Morgan fingerprint density at radius 3 is 2.67 bits per heavy atom. The number of rotatable bonds is 7. The van der Waals surface area contributed by atoms with Crippen molar-refractivity contribution in [1.82, 2.24) is 15.1 Å². The third-order valence-corrected chi connectivity index (χ3v) is 5.69. The first-order valence-corrected chi connectivity index (χ1v) is 9.93. The van der Waals surface area contributed by atoms with Gasteiger partial charge in [-0.15, -0.1) is 0 Å². The summed E-state index contributed by atoms with van der Waals surface area (Å²) in [6, 6.07) is 7.76. The zero-order chi connectivity index (χ0) is 19.4. The molecule has 27 heavy (non-hydrogen) atoms. The van der Waals surface area contributed by atoms with E-state index in [9.17, 15) is 14.4 Å². The molecule has 1 aromatic carbocycles. The Morgan fingerprint density at radius 2 is 2.00 bits per heavy atom. The van der Waals surface area contributed by atoms with E-state index in [0.29, 0.717) is 26.1 Å². The lowest BCUT2D eigenvalue weighted by atomic mass is 9.90. The summed E-state index contributed by atoms with van der Waals surface area (Å²) in [5.74, 6) is -0.193. The van der Waals surface area contributed by atoms with Crippen LogP contribution in [0.5, 0.6) is 0 Å². The summed E-state index contributed by atoms with van der Waals surface area (Å²) >= 11 is 0. The summed E-state index contributed by atoms with van der Waals surface area (Å²) in [6.07, 6.45) is 2.57. The molecule has 2 saturated heterocycles. The lowest BCUT2D eigenvalue weighted by Crippen LogP contribution is -2.37. The second-order valence-corrected chi connectivity index (χ2v) is 7.42. The Balaban J connectivity index is 1.62. The standard InChI is InChI=1S/C21H29N3O3/c1-3-24-19(26)14-17(20(24)16-9-5-4-8-15(16)2)21(27)22-11-7-13-23-12-6-10-18(23)25/h4-5,8-9,17,20H,3,6-7,10-14H2,1-2H3,(H,22,27)/t17-,20+/m1/s1. The fourth-order valence-electron chi connectivity index (χ4n) is 4.25. The SMILES string of the molecule is CCN1C(=O)C[C@@H](C(=O)NCCCN2CCCC2=O)[C@@H]1c1ccccc1C. The van der Waals surface area contributed by atoms with E-state index >= 15 is 0 Å². The molecule has 2 heterocycles. The minimum Gasteiger partial charge on any atom is -0.356 e. The van der Waals surface area contributed by atoms with Gasteiger partial charge in [0.25, 0.3) is 0 Å². The van der Waals surface area contributed by atoms with Gasteiger partial charge >= 0.3 is 0 Å². The van der Waals surface area contributed by atoms with Crippen molar-refractivity contribution in [3.05, 3.63) is 35.4 Å². The summed E-state index contributed by atoms with van der Waals surface area (Å²) in [7, 11) is 0. The monoisotopic (exact) mass is 371 g/mol. The molecule has 0 aromatic heterocycles. The number of carbonyl (C=O) groups excluding carboxylic acids is 3. The number of likely N-dealkylation sites (tertiary alicyclic amines) is 2. The highest BCUT2D eigenvalue weighted by atomic mass is 16.2. The molecule has 1 N–H and O–H groups in total. The summed E-state index contributed by atoms with van der Waals surface area (Å²) in [5.41, 5.74) is 2.15. The number of hydrogen-bond donors (Lipinski definition) is 1. The van der Waals surface area contributed by atoms with Crippen LogP contribution in [-0.4, -0.2) is 53.7 Å². The molecular weight excluding hydrogens is 342 g/mol. The van der Waals surface area contributed by atoms with Crippen molar-refractivity contribution >= 4 is 17.7 Å². The highest BCUT2D eigenvalue weighted by molar-refractivity contribution is 5.90. The van der Waals surface area contributed by atoms with Crippen LogP contribution in [0.1, 0.15) is 49.8 Å². The number of aryl methyl sites for hydroxylation is 1. The minimum atomic E-state index is -0.369. The van der Waals surface area contributed by atoms with Gasteiger partial charge in [-0.1, -0.05) is 24.3 Å². The highest BCUT2D eigenvalue weighted by Gasteiger charge is 2.44. The highest BCUT2D eigenvalue weighted by Crippen LogP contribution is 2.39. The molecule has 0 unspecified atom stereocenters. The Bertz CT molecular complexity index is 718. The zero-order valence-electron chi connectivity index (χ0n) is 16.2. The predicted molar refractivity (Wildman–Crippen MR) is 103 cm³/mol. The van der Waals surface area contributed by atoms with Crippen LogP contribution in [0, 0.1) is 12.8 Å². The fraction of sp³-hybridized carbons (Fsp3) is 0.571. The van der Waals surface area contributed by atoms with Gasteiger partial charge in [0.15, 0.2) is 0 Å². The lowest BCUT2D eigenvalue weighted by molar-refractivity contribution is -0.129. The molecule has 1 aromatic rings. The second-order valence-electron chi connectivity index (χ2n) is 7.42. The fourth-order valence-corrected chi connectivity index (χ4v) is 4.25. The summed E-state index contributed by atoms with van der Waals surface area (Å²) in [5, 5.41) is 2.99. The van der Waals surface area contributed by atoms with Crippen molar-refractivity contribution in [3.63, 3.8) is 0 Å². The van der Waals surface area contributed by atoms with Crippen LogP contribution in [0.3, 0.4) is 0 Å². The van der Waals surface area contributed by atoms with E-state index in [1.807, 2.05) is 47.9 Å². The third kappa shape index (κ3) is 4.15. The lowest BCUT2D eigenvalue weighted by Gasteiger charge is -2.28. The van der Waals surface area contributed by atoms with Crippen LogP contribution < -0.4 is 5.32 Å². The molecule has 2 aliphatic heterocycles. The summed E-state index contributed by atoms with van der Waals surface area (Å²) in [4.78, 5) is 40.6. The molecule has 0 radical (unpaired) electrons. The van der Waals surface area contributed by atoms with Gasteiger partial charge in [0.1, 0.15) is 0 Å². The van der Waals surface area contributed by atoms with E-state index in [2.05, 4.69) is 5.32 Å². The quantitative estimate of drug-likeness (QED) is 0.746. The first-order valence-electron chi connectivity index (χ1n) is 9.93. The Hall–Kier alpha value is -2.37. The Kier molecular flexibility index (Phi) is 6.14. The molecule has 3 amide bonds. The van der Waals surface area contributed by atoms with E-state index in [1.54, 1.807) is 0 Å². The average molecular weight is 371 g/mol. The largest absolute Gasteiger partial charge is 0.356 e. The molecule has 0 aliphatic carbocycles. The molecule has 0 saturated carbocycles. The van der Waals surface area contributed by atoms with E-state index in [1.165, 1.54) is 0 Å². The van der Waals surface area contributed by atoms with Crippen molar-refractivity contribution in [1.29, 1.82) is 0 Å². The molecule has 6 nitrogen and oxygen atoms in total. The van der Waals surface area contributed by atoms with Crippen LogP contribution in [-0.2, 0) is 14.4 Å². The predicted octanol–water partition coefficient (Wildman–Crippen LogP) is 2.03. The molecule has 2 fully saturated rings. The van der Waals surface area contributed by atoms with E-state index in [4.69, 9.17) is 0 Å². The van der Waals surface area contributed by atoms with E-state index in [-0.39, 0.29) is 36.1 Å². The molecule has 2 atom stereocenters. The smallest absolute Gasteiger partial charge is 0.226 e. The number of nitrogens with zero attached hydrogens (tertiary/aromatic N) is 2.